The molecule has 0 spiro atoms. The summed E-state index contributed by atoms with van der Waals surface area (Å²) in [4.78, 5) is 35.6. The minimum absolute atomic E-state index is 0. The maximum Gasteiger partial charge on any atom is 0 e. The topological polar surface area (TPSA) is 103 Å². The van der Waals surface area contributed by atoms with E-state index in [9.17, 15) is 0 Å². The summed E-state index contributed by atoms with van der Waals surface area (Å²) in [5.74, 6) is 29.6. The van der Waals surface area contributed by atoms with E-state index in [1.165, 1.54) is 68.8 Å². The molecule has 4 radical (unpaired) electrons. The molecule has 0 N–H and O–H groups in total. The first-order valence-electron chi connectivity index (χ1n) is 45.5. The molecule has 0 atom stereocenters. The van der Waals surface area contributed by atoms with Gasteiger partial charge in [0.15, 0.2) is 0 Å². The molecule has 0 amide bonds. The molecule has 0 aliphatic carbocycles. The van der Waals surface area contributed by atoms with Gasteiger partial charge in [0.1, 0.15) is 0 Å². The van der Waals surface area contributed by atoms with Crippen molar-refractivity contribution in [2.75, 3.05) is 0 Å². The van der Waals surface area contributed by atoms with Crippen LogP contribution in [0.2, 0.25) is 69.1 Å². The van der Waals surface area contributed by atoms with Gasteiger partial charge in [0, 0.05) is 105 Å². The molecule has 8 nitrogen and oxygen atoms in total. The first-order valence-corrected chi connectivity index (χ1v) is 74.8. The fraction of sp³-hybridized carbons (Fsp3) is 0.174. The number of benzene rings is 10. The van der Waals surface area contributed by atoms with Gasteiger partial charge >= 0.3 is 502 Å². The third-order valence-corrected chi connectivity index (χ3v) is 38.9. The monoisotopic (exact) mass is 2750 g/mol. The van der Waals surface area contributed by atoms with Crippen LogP contribution in [0.4, 0.5) is 0 Å². The molecule has 0 unspecified atom stereocenters. The maximum absolute atomic E-state index is 4.70. The van der Waals surface area contributed by atoms with Gasteiger partial charge in [-0.05, 0) is 72.7 Å². The Balaban J connectivity index is 0.000000214. The van der Waals surface area contributed by atoms with E-state index in [4.69, 9.17) is 4.98 Å². The first kappa shape index (κ1) is 114. The Bertz CT molecular complexity index is 6200. The van der Waals surface area contributed by atoms with E-state index in [0.29, 0.717) is 5.92 Å². The van der Waals surface area contributed by atoms with Gasteiger partial charge in [-0.15, -0.1) is 144 Å². The van der Waals surface area contributed by atoms with Gasteiger partial charge in [-0.1, -0.05) is 48.5 Å². The molecule has 18 aromatic rings. The van der Waals surface area contributed by atoms with Crippen molar-refractivity contribution in [3.63, 3.8) is 0 Å². The summed E-state index contributed by atoms with van der Waals surface area (Å²) < 4.78 is 5.98. The molecule has 0 bridgehead atoms. The Kier molecular flexibility index (Phi) is 47.5. The maximum atomic E-state index is 4.70. The number of pyridine rings is 8. The summed E-state index contributed by atoms with van der Waals surface area (Å²) in [6.07, 6.45) is 16.7. The summed E-state index contributed by atoms with van der Waals surface area (Å²) in [5.41, 5.74) is 28.9. The molecule has 0 saturated heterocycles. The van der Waals surface area contributed by atoms with Crippen molar-refractivity contribution in [2.45, 2.75) is 124 Å². The fourth-order valence-electron chi connectivity index (χ4n) is 14.1. The van der Waals surface area contributed by atoms with Crippen molar-refractivity contribution in [3.05, 3.63) is 459 Å². The number of aromatic nitrogens is 8. The molecular formula is C121H122Ge4Ir4N8-8. The largest absolute Gasteiger partial charge is 0 e. The number of hydrogen-bond acceptors (Lipinski definition) is 8. The van der Waals surface area contributed by atoms with Crippen molar-refractivity contribution in [3.8, 4) is 112 Å². The van der Waals surface area contributed by atoms with Crippen LogP contribution in [0.5, 0.6) is 0 Å². The summed E-state index contributed by atoms with van der Waals surface area (Å²) in [5, 5.41) is 0. The van der Waals surface area contributed by atoms with Gasteiger partial charge < -0.3 is 19.9 Å². The number of hydrogen-bond donors (Lipinski definition) is 0. The van der Waals surface area contributed by atoms with E-state index in [0.717, 1.165) is 96.5 Å². The quantitative estimate of drug-likeness (QED) is 0.0696. The van der Waals surface area contributed by atoms with Crippen LogP contribution in [0.1, 0.15) is 47.2 Å². The molecule has 8 heterocycles. The van der Waals surface area contributed by atoms with Crippen LogP contribution in [-0.2, 0) is 86.8 Å². The second-order valence-corrected chi connectivity index (χ2v) is 79.8. The zero-order chi connectivity index (χ0) is 94.8. The van der Waals surface area contributed by atoms with Crippen molar-refractivity contribution in [1.29, 1.82) is 0 Å². The Morgan fingerprint density at radius 3 is 0.847 bits per heavy atom. The summed E-state index contributed by atoms with van der Waals surface area (Å²) in [6.45, 7) is 14.9. The van der Waals surface area contributed by atoms with E-state index in [1.54, 1.807) is 4.40 Å². The predicted molar refractivity (Wildman–Crippen MR) is 573 cm³/mol. The second-order valence-electron chi connectivity index (χ2n) is 37.3. The van der Waals surface area contributed by atoms with Crippen LogP contribution >= 0.6 is 0 Å². The zero-order valence-electron chi connectivity index (χ0n) is 82.0. The molecule has 0 aliphatic rings. The van der Waals surface area contributed by atoms with Crippen molar-refractivity contribution < 1.29 is 80.4 Å². The van der Waals surface area contributed by atoms with Gasteiger partial charge in [0.2, 0.25) is 0 Å². The molecule has 10 aromatic carbocycles. The number of nitrogens with zero attached hydrogens (tertiary/aromatic N) is 8. The Morgan fingerprint density at radius 1 is 0.234 bits per heavy atom. The second kappa shape index (κ2) is 57.0. The Hall–Kier alpha value is -9.83. The van der Waals surface area contributed by atoms with Crippen LogP contribution in [0, 0.1) is 89.1 Å². The Labute approximate surface area is 882 Å². The standard InChI is InChI=1S/2C20H20GeN.C18H24GeN.C15H18GeN.4C12H10N.4Ir/c1-21(2,3)19-12-13-22-20(15-19)18-11-7-10-17(14-18)16-8-5-4-6-9-16;1-21(2,3)19-13-14-22-20(15-19)18-11-9-17(10-12-18)16-7-5-4-6-8-16;1-14(2)11-16-12-18(15-9-7-6-8-10-15)20-13-17(16)19(3,4)5;1-12-10-15(13-8-6-5-7-9-13)17-11-14(12)16(2,3)4;4*1-10-7-8-12(13-9-10)11-5-3-2-4-6-11;;;;/h4-10,12-15H,1-3H3;4-11,13-15H,1-3H3;6-9,12-14H,11H2,1-5H3;5-8,10-11H,1-4H3;4*2-5,7-9H,1H3;;;;/q8*-1;;;;. The summed E-state index contributed by atoms with van der Waals surface area (Å²) in [7, 11) is 0. The van der Waals surface area contributed by atoms with E-state index >= 15 is 0 Å². The number of aryl methyl sites for hydroxylation is 5. The average molecular weight is 2750 g/mol. The van der Waals surface area contributed by atoms with Crippen molar-refractivity contribution in [1.82, 2.24) is 39.9 Å². The Morgan fingerprint density at radius 2 is 0.540 bits per heavy atom. The van der Waals surface area contributed by atoms with Gasteiger partial charge in [0.25, 0.3) is 0 Å². The van der Waals surface area contributed by atoms with Crippen LogP contribution in [0.15, 0.2) is 377 Å². The van der Waals surface area contributed by atoms with Crippen molar-refractivity contribution >= 4 is 70.6 Å². The SMILES string of the molecule is CC(C)Cc1cc(-c2[c-]cccc2)nc[c]1[Ge]([CH3])([CH3])[CH3].Cc1cc(-c2[c-]cccc2)nc[c]1[Ge]([CH3])([CH3])[CH3].Cc1ccc(-c2[c-]cccc2)nc1.Cc1ccc(-c2[c-]cccc2)nc1.Cc1ccc(-c2[c-]cccc2)nc1.Cc1ccc(-c2[c-]cccc2)nc1.[CH3][Ge]([CH3])([CH3])[c]1ccnc(-c2[c-]cc(-c3ccccc3)cc2)c1.[CH3][Ge]([CH3])([CH3])[c]1ccnc(-c2[c-]ccc(-c3ccccc3)c2)c1.[Ir].[Ir].[Ir].[Ir]. The predicted octanol–water partition coefficient (Wildman–Crippen LogP) is 28.6. The van der Waals surface area contributed by atoms with Crippen molar-refractivity contribution in [2.24, 2.45) is 5.92 Å². The summed E-state index contributed by atoms with van der Waals surface area (Å²) in [6, 6.07) is 136. The van der Waals surface area contributed by atoms with Crippen LogP contribution in [-0.4, -0.2) is 92.9 Å². The normalized spacial score (nSPS) is 10.6. The smallest absolute Gasteiger partial charge is 0 e. The molecule has 16 heteroatoms. The van der Waals surface area contributed by atoms with Gasteiger partial charge in [-0.2, -0.15) is 0 Å². The molecular weight excluding hydrogens is 2620 g/mol. The molecule has 18 rings (SSSR count). The van der Waals surface area contributed by atoms with E-state index < -0.39 is 53.1 Å². The van der Waals surface area contributed by atoms with Crippen LogP contribution < -0.4 is 17.6 Å². The van der Waals surface area contributed by atoms with Gasteiger partial charge in [-0.3, -0.25) is 0 Å². The molecule has 0 aliphatic heterocycles. The third kappa shape index (κ3) is 37.4. The molecule has 0 saturated carbocycles. The molecule has 0 fully saturated rings. The minimum Gasteiger partial charge on any atom is 0 e. The molecule has 137 heavy (non-hydrogen) atoms. The summed E-state index contributed by atoms with van der Waals surface area (Å²) >= 11 is -7.29. The van der Waals surface area contributed by atoms with Gasteiger partial charge in [-0.25, -0.2) is 0 Å². The average Bonchev–Trinajstić information content (AvgIpc) is 0.816. The fourth-order valence-corrected chi connectivity index (χ4v) is 25.9. The zero-order valence-corrected chi connectivity index (χ0v) is 100.0. The molecule has 8 aromatic heterocycles. The van der Waals surface area contributed by atoms with Crippen LogP contribution in [0.25, 0.3) is 112 Å². The number of rotatable bonds is 16. The van der Waals surface area contributed by atoms with E-state index in [1.807, 2.05) is 241 Å². The van der Waals surface area contributed by atoms with E-state index in [2.05, 4.69) is 337 Å². The van der Waals surface area contributed by atoms with Crippen LogP contribution in [0.3, 0.4) is 0 Å². The molecule has 706 valence electrons. The van der Waals surface area contributed by atoms with E-state index in [-0.39, 0.29) is 80.4 Å². The van der Waals surface area contributed by atoms with Gasteiger partial charge in [0.05, 0.1) is 0 Å². The third-order valence-electron chi connectivity index (χ3n) is 21.5. The minimum atomic E-state index is -1.86. The first-order chi connectivity index (χ1) is 63.9.